The van der Waals surface area contributed by atoms with Gasteiger partial charge in [0.2, 0.25) is 0 Å². The van der Waals surface area contributed by atoms with E-state index in [9.17, 15) is 21.6 Å². The lowest BCUT2D eigenvalue weighted by Gasteiger charge is -2.38. The first-order chi connectivity index (χ1) is 10.1. The SMILES string of the molecule is CC(C)N1Cc2cc(S(C)(=O)=O)ccc2N(CC=O)S1(=O)=O. The van der Waals surface area contributed by atoms with Gasteiger partial charge >= 0.3 is 10.2 Å². The van der Waals surface area contributed by atoms with Crippen molar-refractivity contribution in [1.29, 1.82) is 0 Å². The Hall–Kier alpha value is -1.45. The van der Waals surface area contributed by atoms with Crippen molar-refractivity contribution in [1.82, 2.24) is 4.31 Å². The highest BCUT2D eigenvalue weighted by Crippen LogP contribution is 2.34. The number of carbonyl (C=O) groups excluding carboxylic acids is 1. The largest absolute Gasteiger partial charge is 0.305 e. The molecule has 0 aromatic heterocycles. The zero-order chi connectivity index (χ0) is 16.7. The van der Waals surface area contributed by atoms with Crippen molar-refractivity contribution in [2.24, 2.45) is 0 Å². The molecule has 0 radical (unpaired) electrons. The Bertz CT molecular complexity index is 800. The summed E-state index contributed by atoms with van der Waals surface area (Å²) in [5, 5.41) is 0. The third-order valence-electron chi connectivity index (χ3n) is 3.47. The maximum absolute atomic E-state index is 12.6. The number of carbonyl (C=O) groups is 1. The van der Waals surface area contributed by atoms with Crippen LogP contribution in [0.15, 0.2) is 23.1 Å². The second-order valence-corrected chi connectivity index (χ2v) is 9.23. The van der Waals surface area contributed by atoms with Crippen molar-refractivity contribution in [3.8, 4) is 0 Å². The Balaban J connectivity index is 2.66. The van der Waals surface area contributed by atoms with Gasteiger partial charge in [0.05, 0.1) is 17.1 Å². The van der Waals surface area contributed by atoms with E-state index in [0.717, 1.165) is 10.6 Å². The number of aldehydes is 1. The van der Waals surface area contributed by atoms with Crippen molar-refractivity contribution in [3.63, 3.8) is 0 Å². The number of rotatable bonds is 4. The first-order valence-corrected chi connectivity index (χ1v) is 9.94. The molecule has 22 heavy (non-hydrogen) atoms. The van der Waals surface area contributed by atoms with Gasteiger partial charge in [-0.25, -0.2) is 8.42 Å². The second kappa shape index (κ2) is 5.64. The Labute approximate surface area is 130 Å². The lowest BCUT2D eigenvalue weighted by molar-refractivity contribution is -0.106. The fourth-order valence-corrected chi connectivity index (χ4v) is 4.81. The number of hydrogen-bond donors (Lipinski definition) is 0. The summed E-state index contributed by atoms with van der Waals surface area (Å²) in [5.41, 5.74) is 0.907. The van der Waals surface area contributed by atoms with Crippen molar-refractivity contribution in [3.05, 3.63) is 23.8 Å². The minimum atomic E-state index is -3.80. The van der Waals surface area contributed by atoms with E-state index >= 15 is 0 Å². The minimum absolute atomic E-state index is 0.0774. The molecule has 1 heterocycles. The van der Waals surface area contributed by atoms with Crippen molar-refractivity contribution < 1.29 is 21.6 Å². The third-order valence-corrected chi connectivity index (χ3v) is 6.62. The number of benzene rings is 1. The van der Waals surface area contributed by atoms with E-state index < -0.39 is 20.0 Å². The molecule has 0 amide bonds. The number of hydrogen-bond acceptors (Lipinski definition) is 5. The average Bonchev–Trinajstić information content (AvgIpc) is 2.39. The molecule has 0 aliphatic carbocycles. The summed E-state index contributed by atoms with van der Waals surface area (Å²) in [6.45, 7) is 3.22. The molecule has 1 aromatic carbocycles. The number of nitrogens with zero attached hydrogens (tertiary/aromatic N) is 2. The first kappa shape index (κ1) is 16.9. The molecule has 7 nitrogen and oxygen atoms in total. The maximum Gasteiger partial charge on any atom is 0.305 e. The van der Waals surface area contributed by atoms with E-state index in [-0.39, 0.29) is 24.0 Å². The Morgan fingerprint density at radius 3 is 2.45 bits per heavy atom. The van der Waals surface area contributed by atoms with E-state index in [1.54, 1.807) is 13.8 Å². The van der Waals surface area contributed by atoms with Gasteiger partial charge in [-0.3, -0.25) is 4.31 Å². The van der Waals surface area contributed by atoms with Crippen molar-refractivity contribution in [2.75, 3.05) is 17.1 Å². The van der Waals surface area contributed by atoms with Gasteiger partial charge in [0, 0.05) is 18.8 Å². The Kier molecular flexibility index (Phi) is 4.33. The van der Waals surface area contributed by atoms with Crippen LogP contribution in [0.2, 0.25) is 0 Å². The molecule has 1 aliphatic rings. The molecule has 1 aliphatic heterocycles. The highest BCUT2D eigenvalue weighted by atomic mass is 32.2. The van der Waals surface area contributed by atoms with Crippen LogP contribution in [0.5, 0.6) is 0 Å². The van der Waals surface area contributed by atoms with E-state index in [1.807, 2.05) is 0 Å². The van der Waals surface area contributed by atoms with Crippen molar-refractivity contribution >= 4 is 32.0 Å². The molecule has 122 valence electrons. The smallest absolute Gasteiger partial charge is 0.301 e. The van der Waals surface area contributed by atoms with Crippen LogP contribution < -0.4 is 4.31 Å². The first-order valence-electron chi connectivity index (χ1n) is 6.65. The lowest BCUT2D eigenvalue weighted by Crippen LogP contribution is -2.50. The van der Waals surface area contributed by atoms with Crippen LogP contribution >= 0.6 is 0 Å². The molecule has 0 saturated carbocycles. The summed E-state index contributed by atoms with van der Waals surface area (Å²) in [5.74, 6) is 0. The summed E-state index contributed by atoms with van der Waals surface area (Å²) in [7, 11) is -7.19. The molecule has 0 fully saturated rings. The third kappa shape index (κ3) is 2.88. The molecule has 1 aromatic rings. The van der Waals surface area contributed by atoms with E-state index in [1.165, 1.54) is 22.5 Å². The average molecular weight is 346 g/mol. The van der Waals surface area contributed by atoms with Gasteiger partial charge in [-0.1, -0.05) is 0 Å². The minimum Gasteiger partial charge on any atom is -0.301 e. The second-order valence-electron chi connectivity index (χ2n) is 5.41. The summed E-state index contributed by atoms with van der Waals surface area (Å²) in [4.78, 5) is 11.0. The van der Waals surface area contributed by atoms with Crippen LogP contribution in [0.3, 0.4) is 0 Å². The zero-order valence-electron chi connectivity index (χ0n) is 12.6. The van der Waals surface area contributed by atoms with Gasteiger partial charge in [-0.2, -0.15) is 12.7 Å². The lowest BCUT2D eigenvalue weighted by atomic mass is 10.1. The van der Waals surface area contributed by atoms with Gasteiger partial charge in [0.15, 0.2) is 9.84 Å². The monoisotopic (exact) mass is 346 g/mol. The van der Waals surface area contributed by atoms with Crippen LogP contribution in [0.4, 0.5) is 5.69 Å². The standard InChI is InChI=1S/C13H18N2O5S2/c1-10(2)15-9-11-8-12(21(3,17)18)4-5-13(11)14(6-7-16)22(15,19)20/h4-5,7-8,10H,6,9H2,1-3H3. The fraction of sp³-hybridized carbons (Fsp3) is 0.462. The number of fused-ring (bicyclic) bond motifs is 1. The van der Waals surface area contributed by atoms with Gasteiger partial charge < -0.3 is 4.79 Å². The van der Waals surface area contributed by atoms with Crippen LogP contribution in [0, 0.1) is 0 Å². The predicted octanol–water partition coefficient (Wildman–Crippen LogP) is 0.564. The quantitative estimate of drug-likeness (QED) is 0.743. The number of sulfone groups is 1. The van der Waals surface area contributed by atoms with E-state index in [4.69, 9.17) is 0 Å². The summed E-state index contributed by atoms with van der Waals surface area (Å²) in [6, 6.07) is 3.94. The van der Waals surface area contributed by atoms with Crippen LogP contribution in [0.25, 0.3) is 0 Å². The highest BCUT2D eigenvalue weighted by molar-refractivity contribution is 7.91. The van der Waals surface area contributed by atoms with Crippen LogP contribution in [0.1, 0.15) is 19.4 Å². The normalized spacial score (nSPS) is 18.3. The molecule has 0 N–H and O–H groups in total. The summed E-state index contributed by atoms with van der Waals surface area (Å²) < 4.78 is 50.7. The Morgan fingerprint density at radius 2 is 1.95 bits per heavy atom. The summed E-state index contributed by atoms with van der Waals surface area (Å²) >= 11 is 0. The molecule has 0 unspecified atom stereocenters. The number of anilines is 1. The molecule has 0 spiro atoms. The van der Waals surface area contributed by atoms with Gasteiger partial charge in [-0.05, 0) is 37.6 Å². The van der Waals surface area contributed by atoms with Crippen LogP contribution in [-0.2, 0) is 31.4 Å². The zero-order valence-corrected chi connectivity index (χ0v) is 14.2. The molecule has 0 atom stereocenters. The Morgan fingerprint density at radius 1 is 1.32 bits per heavy atom. The van der Waals surface area contributed by atoms with Gasteiger partial charge in [0.1, 0.15) is 6.29 Å². The van der Waals surface area contributed by atoms with E-state index in [2.05, 4.69) is 0 Å². The maximum atomic E-state index is 12.6. The molecular weight excluding hydrogens is 328 g/mol. The van der Waals surface area contributed by atoms with Crippen molar-refractivity contribution in [2.45, 2.75) is 31.3 Å². The molecular formula is C13H18N2O5S2. The summed E-state index contributed by atoms with van der Waals surface area (Å²) in [6.07, 6.45) is 1.60. The topological polar surface area (TPSA) is 91.8 Å². The van der Waals surface area contributed by atoms with E-state index in [0.29, 0.717) is 17.5 Å². The highest BCUT2D eigenvalue weighted by Gasteiger charge is 2.38. The molecule has 0 saturated heterocycles. The molecule has 0 bridgehead atoms. The molecule has 9 heteroatoms. The molecule has 2 rings (SSSR count). The predicted molar refractivity (Wildman–Crippen MR) is 82.6 cm³/mol. The van der Waals surface area contributed by atoms with Crippen LogP contribution in [-0.4, -0.2) is 46.3 Å². The van der Waals surface area contributed by atoms with Gasteiger partial charge in [-0.15, -0.1) is 0 Å². The van der Waals surface area contributed by atoms with Gasteiger partial charge in [0.25, 0.3) is 0 Å². The fourth-order valence-electron chi connectivity index (χ4n) is 2.37.